The molecule has 27 heavy (non-hydrogen) atoms. The number of carbonyl (C=O) groups excluding carboxylic acids is 2. The van der Waals surface area contributed by atoms with Crippen molar-refractivity contribution in [3.8, 4) is 6.07 Å². The lowest BCUT2D eigenvalue weighted by Gasteiger charge is -2.35. The summed E-state index contributed by atoms with van der Waals surface area (Å²) in [4.78, 5) is 29.0. The van der Waals surface area contributed by atoms with Crippen molar-refractivity contribution < 1.29 is 9.59 Å². The summed E-state index contributed by atoms with van der Waals surface area (Å²) in [6.45, 7) is 2.26. The molecular formula is C22H21N3O2. The van der Waals surface area contributed by atoms with Crippen molar-refractivity contribution in [2.24, 2.45) is 5.92 Å². The fourth-order valence-electron chi connectivity index (χ4n) is 3.77. The fraction of sp³-hybridized carbons (Fsp3) is 0.318. The van der Waals surface area contributed by atoms with Gasteiger partial charge >= 0.3 is 0 Å². The van der Waals surface area contributed by atoms with E-state index in [1.54, 1.807) is 29.2 Å². The highest BCUT2D eigenvalue weighted by Crippen LogP contribution is 2.48. The molecule has 4 rings (SSSR count). The van der Waals surface area contributed by atoms with Gasteiger partial charge in [0.05, 0.1) is 11.6 Å². The Hall–Kier alpha value is -3.13. The molecule has 2 unspecified atom stereocenters. The number of hydrogen-bond acceptors (Lipinski definition) is 3. The van der Waals surface area contributed by atoms with E-state index < -0.39 is 0 Å². The van der Waals surface area contributed by atoms with E-state index in [4.69, 9.17) is 5.26 Å². The summed E-state index contributed by atoms with van der Waals surface area (Å²) in [5.41, 5.74) is 2.37. The smallest absolute Gasteiger partial charge is 0.253 e. The molecule has 136 valence electrons. The first-order valence-electron chi connectivity index (χ1n) is 9.30. The van der Waals surface area contributed by atoms with Gasteiger partial charge in [0.25, 0.3) is 5.91 Å². The van der Waals surface area contributed by atoms with Crippen LogP contribution in [0.2, 0.25) is 0 Å². The average Bonchev–Trinajstić information content (AvgIpc) is 3.54. The largest absolute Gasteiger partial charge is 0.339 e. The number of rotatable bonds is 3. The molecular weight excluding hydrogens is 338 g/mol. The van der Waals surface area contributed by atoms with Crippen molar-refractivity contribution in [1.29, 1.82) is 5.26 Å². The molecule has 1 heterocycles. The van der Waals surface area contributed by atoms with Crippen LogP contribution in [0.1, 0.15) is 33.8 Å². The number of piperazine rings is 1. The lowest BCUT2D eigenvalue weighted by molar-refractivity contribution is -0.134. The van der Waals surface area contributed by atoms with Crippen molar-refractivity contribution in [2.45, 2.75) is 12.3 Å². The molecule has 1 aliphatic heterocycles. The second-order valence-electron chi connectivity index (χ2n) is 7.17. The molecule has 5 heteroatoms. The Labute approximate surface area is 158 Å². The van der Waals surface area contributed by atoms with Gasteiger partial charge in [-0.3, -0.25) is 9.59 Å². The van der Waals surface area contributed by atoms with E-state index in [2.05, 4.69) is 18.2 Å². The molecule has 0 N–H and O–H groups in total. The molecule has 2 amide bonds. The van der Waals surface area contributed by atoms with Gasteiger partial charge in [0.15, 0.2) is 0 Å². The van der Waals surface area contributed by atoms with Crippen molar-refractivity contribution in [3.63, 3.8) is 0 Å². The molecule has 0 bridgehead atoms. The standard InChI is InChI=1S/C22H21N3O2/c23-15-16-6-8-18(9-7-16)21(26)24-10-12-25(13-11-24)22(27)20-14-19(20)17-4-2-1-3-5-17/h1-9,19-20H,10-14H2. The van der Waals surface area contributed by atoms with Crippen molar-refractivity contribution in [2.75, 3.05) is 26.2 Å². The summed E-state index contributed by atoms with van der Waals surface area (Å²) in [6, 6.07) is 18.9. The van der Waals surface area contributed by atoms with Crippen molar-refractivity contribution >= 4 is 11.8 Å². The summed E-state index contributed by atoms with van der Waals surface area (Å²) in [5, 5.41) is 8.86. The SMILES string of the molecule is N#Cc1ccc(C(=O)N2CCN(C(=O)C3CC3c3ccccc3)CC2)cc1. The Bertz CT molecular complexity index is 878. The van der Waals surface area contributed by atoms with Crippen molar-refractivity contribution in [1.82, 2.24) is 9.80 Å². The minimum Gasteiger partial charge on any atom is -0.339 e. The van der Waals surface area contributed by atoms with Crippen molar-refractivity contribution in [3.05, 3.63) is 71.3 Å². The van der Waals surface area contributed by atoms with E-state index in [0.717, 1.165) is 6.42 Å². The van der Waals surface area contributed by atoms with E-state index in [9.17, 15) is 9.59 Å². The van der Waals surface area contributed by atoms with Gasteiger partial charge in [-0.1, -0.05) is 30.3 Å². The average molecular weight is 359 g/mol. The van der Waals surface area contributed by atoms with Crippen LogP contribution >= 0.6 is 0 Å². The Morgan fingerprint density at radius 1 is 0.889 bits per heavy atom. The van der Waals surface area contributed by atoms with Gasteiger partial charge in [-0.25, -0.2) is 0 Å². The summed E-state index contributed by atoms with van der Waals surface area (Å²) in [5.74, 6) is 0.611. The Balaban J connectivity index is 1.32. The molecule has 2 fully saturated rings. The first-order chi connectivity index (χ1) is 13.2. The van der Waals surface area contributed by atoms with Gasteiger partial charge in [0.1, 0.15) is 0 Å². The van der Waals surface area contributed by atoms with E-state index in [0.29, 0.717) is 43.2 Å². The van der Waals surface area contributed by atoms with Gasteiger partial charge in [-0.05, 0) is 42.2 Å². The molecule has 2 atom stereocenters. The van der Waals surface area contributed by atoms with Gasteiger partial charge in [0.2, 0.25) is 5.91 Å². The summed E-state index contributed by atoms with van der Waals surface area (Å²) in [6.07, 6.45) is 0.924. The highest BCUT2D eigenvalue weighted by molar-refractivity contribution is 5.94. The topological polar surface area (TPSA) is 64.4 Å². The molecule has 2 aliphatic rings. The van der Waals surface area contributed by atoms with E-state index in [1.807, 2.05) is 23.1 Å². The van der Waals surface area contributed by atoms with Crippen LogP contribution in [-0.2, 0) is 4.79 Å². The number of amides is 2. The highest BCUT2D eigenvalue weighted by Gasteiger charge is 2.46. The lowest BCUT2D eigenvalue weighted by atomic mass is 10.1. The maximum atomic E-state index is 12.8. The first-order valence-corrected chi connectivity index (χ1v) is 9.30. The van der Waals surface area contributed by atoms with Crippen LogP contribution in [0.3, 0.4) is 0 Å². The number of benzene rings is 2. The molecule has 1 aliphatic carbocycles. The van der Waals surface area contributed by atoms with E-state index in [1.165, 1.54) is 5.56 Å². The molecule has 0 radical (unpaired) electrons. The molecule has 5 nitrogen and oxygen atoms in total. The minimum absolute atomic E-state index is 0.0415. The Kier molecular flexibility index (Phi) is 4.64. The van der Waals surface area contributed by atoms with Gasteiger partial charge < -0.3 is 9.80 Å². The van der Waals surface area contributed by atoms with E-state index >= 15 is 0 Å². The predicted octanol–water partition coefficient (Wildman–Crippen LogP) is 2.65. The maximum Gasteiger partial charge on any atom is 0.253 e. The van der Waals surface area contributed by atoms with Gasteiger partial charge in [-0.2, -0.15) is 5.26 Å². The van der Waals surface area contributed by atoms with Crippen LogP contribution in [0.15, 0.2) is 54.6 Å². The molecule has 2 aromatic rings. The maximum absolute atomic E-state index is 12.8. The number of nitrogens with zero attached hydrogens (tertiary/aromatic N) is 3. The highest BCUT2D eigenvalue weighted by atomic mass is 16.2. The molecule has 1 saturated heterocycles. The van der Waals surface area contributed by atoms with Crippen LogP contribution in [0.25, 0.3) is 0 Å². The fourth-order valence-corrected chi connectivity index (χ4v) is 3.77. The zero-order valence-electron chi connectivity index (χ0n) is 15.0. The van der Waals surface area contributed by atoms with Crippen LogP contribution in [0.5, 0.6) is 0 Å². The van der Waals surface area contributed by atoms with Crippen LogP contribution < -0.4 is 0 Å². The third-order valence-corrected chi connectivity index (χ3v) is 5.47. The number of hydrogen-bond donors (Lipinski definition) is 0. The summed E-state index contributed by atoms with van der Waals surface area (Å²) in [7, 11) is 0. The lowest BCUT2D eigenvalue weighted by Crippen LogP contribution is -2.51. The zero-order valence-corrected chi connectivity index (χ0v) is 15.0. The number of nitriles is 1. The monoisotopic (exact) mass is 359 g/mol. The molecule has 2 aromatic carbocycles. The second kappa shape index (κ2) is 7.24. The summed E-state index contributed by atoms with van der Waals surface area (Å²) >= 11 is 0. The second-order valence-corrected chi connectivity index (χ2v) is 7.17. The number of carbonyl (C=O) groups is 2. The summed E-state index contributed by atoms with van der Waals surface area (Å²) < 4.78 is 0. The quantitative estimate of drug-likeness (QED) is 0.846. The Morgan fingerprint density at radius 3 is 2.15 bits per heavy atom. The zero-order chi connectivity index (χ0) is 18.8. The third kappa shape index (κ3) is 3.56. The van der Waals surface area contributed by atoms with E-state index in [-0.39, 0.29) is 17.7 Å². The molecule has 0 spiro atoms. The predicted molar refractivity (Wildman–Crippen MR) is 101 cm³/mol. The first kappa shape index (κ1) is 17.3. The van der Waals surface area contributed by atoms with Crippen LogP contribution in [-0.4, -0.2) is 47.8 Å². The molecule has 0 aromatic heterocycles. The molecule has 1 saturated carbocycles. The van der Waals surface area contributed by atoms with Gasteiger partial charge in [-0.15, -0.1) is 0 Å². The normalized spacial score (nSPS) is 21.4. The minimum atomic E-state index is -0.0415. The third-order valence-electron chi connectivity index (χ3n) is 5.47. The van der Waals surface area contributed by atoms with Gasteiger partial charge in [0, 0.05) is 37.7 Å². The Morgan fingerprint density at radius 2 is 1.52 bits per heavy atom. The van der Waals surface area contributed by atoms with Crippen LogP contribution in [0, 0.1) is 17.2 Å². The van der Waals surface area contributed by atoms with Crippen LogP contribution in [0.4, 0.5) is 0 Å².